The molecule has 3 aromatic rings. The maximum absolute atomic E-state index is 12.5. The van der Waals surface area contributed by atoms with Crippen LogP contribution in [0.1, 0.15) is 11.1 Å². The molecule has 1 aliphatic heterocycles. The van der Waals surface area contributed by atoms with E-state index in [1.54, 1.807) is 6.20 Å². The lowest BCUT2D eigenvalue weighted by Gasteiger charge is -2.28. The summed E-state index contributed by atoms with van der Waals surface area (Å²) in [5.41, 5.74) is 3.36. The number of anilines is 1. The van der Waals surface area contributed by atoms with E-state index >= 15 is 0 Å². The quantitative estimate of drug-likeness (QED) is 0.774. The van der Waals surface area contributed by atoms with Crippen LogP contribution in [-0.2, 0) is 13.0 Å². The second-order valence-corrected chi connectivity index (χ2v) is 6.48. The number of hydrogen-bond donors (Lipinski definition) is 1. The van der Waals surface area contributed by atoms with Gasteiger partial charge in [0.2, 0.25) is 0 Å². The van der Waals surface area contributed by atoms with Crippen molar-refractivity contribution in [1.29, 1.82) is 0 Å². The molecule has 0 spiro atoms. The molecule has 0 unspecified atom stereocenters. The largest absolute Gasteiger partial charge is 0.323 e. The van der Waals surface area contributed by atoms with Gasteiger partial charge < -0.3 is 4.90 Å². The molecule has 6 heteroatoms. The van der Waals surface area contributed by atoms with E-state index in [0.29, 0.717) is 12.4 Å². The normalized spacial score (nSPS) is 13.4. The number of aromatic nitrogens is 2. The van der Waals surface area contributed by atoms with Crippen LogP contribution in [0.15, 0.2) is 54.0 Å². The molecule has 1 aromatic carbocycles. The van der Waals surface area contributed by atoms with E-state index in [1.165, 1.54) is 22.5 Å². The van der Waals surface area contributed by atoms with Crippen molar-refractivity contribution in [3.05, 3.63) is 65.2 Å². The van der Waals surface area contributed by atoms with Gasteiger partial charge in [-0.1, -0.05) is 30.3 Å². The van der Waals surface area contributed by atoms with Gasteiger partial charge in [-0.2, -0.15) is 0 Å². The molecule has 3 heterocycles. The summed E-state index contributed by atoms with van der Waals surface area (Å²) in [5.74, 6) is 0.574. The van der Waals surface area contributed by atoms with Gasteiger partial charge in [-0.05, 0) is 29.7 Å². The zero-order valence-corrected chi connectivity index (χ0v) is 13.8. The molecular weight excluding hydrogens is 320 g/mol. The molecule has 0 saturated carbocycles. The standard InChI is InChI=1S/C18H16N4OS/c23-18(22-10-8-13-5-1-2-6-14(13)11-22)21-16-12-24-17(20-16)15-7-3-4-9-19-15/h1-7,9,12H,8,10-11H2,(H,21,23). The van der Waals surface area contributed by atoms with Crippen LogP contribution >= 0.6 is 11.3 Å². The summed E-state index contributed by atoms with van der Waals surface area (Å²) in [7, 11) is 0. The molecule has 1 aliphatic rings. The molecule has 0 radical (unpaired) electrons. The van der Waals surface area contributed by atoms with Crippen LogP contribution in [0, 0.1) is 0 Å². The average molecular weight is 336 g/mol. The fourth-order valence-electron chi connectivity index (χ4n) is 2.80. The number of nitrogens with zero attached hydrogens (tertiary/aromatic N) is 3. The molecule has 2 aromatic heterocycles. The van der Waals surface area contributed by atoms with Gasteiger partial charge >= 0.3 is 6.03 Å². The van der Waals surface area contributed by atoms with E-state index in [0.717, 1.165) is 23.7 Å². The Morgan fingerprint density at radius 2 is 1.96 bits per heavy atom. The van der Waals surface area contributed by atoms with E-state index in [1.807, 2.05) is 40.6 Å². The molecular formula is C18H16N4OS. The van der Waals surface area contributed by atoms with Gasteiger partial charge in [0, 0.05) is 24.7 Å². The van der Waals surface area contributed by atoms with Crippen molar-refractivity contribution in [2.45, 2.75) is 13.0 Å². The van der Waals surface area contributed by atoms with Crippen LogP contribution in [0.2, 0.25) is 0 Å². The number of amides is 2. The Balaban J connectivity index is 1.45. The Morgan fingerprint density at radius 3 is 2.79 bits per heavy atom. The van der Waals surface area contributed by atoms with Crippen LogP contribution in [0.3, 0.4) is 0 Å². The summed E-state index contributed by atoms with van der Waals surface area (Å²) < 4.78 is 0. The topological polar surface area (TPSA) is 58.1 Å². The van der Waals surface area contributed by atoms with E-state index in [4.69, 9.17) is 0 Å². The number of carbonyl (C=O) groups is 1. The third-order valence-electron chi connectivity index (χ3n) is 4.04. The average Bonchev–Trinajstić information content (AvgIpc) is 3.10. The molecule has 0 atom stereocenters. The molecule has 5 nitrogen and oxygen atoms in total. The maximum Gasteiger partial charge on any atom is 0.323 e. The summed E-state index contributed by atoms with van der Waals surface area (Å²) >= 11 is 1.47. The zero-order chi connectivity index (χ0) is 16.4. The highest BCUT2D eigenvalue weighted by atomic mass is 32.1. The number of pyridine rings is 1. The fourth-order valence-corrected chi connectivity index (χ4v) is 3.52. The number of fused-ring (bicyclic) bond motifs is 1. The Kier molecular flexibility index (Phi) is 3.96. The van der Waals surface area contributed by atoms with Crippen molar-refractivity contribution in [3.8, 4) is 10.7 Å². The smallest absolute Gasteiger partial charge is 0.320 e. The fraction of sp³-hybridized carbons (Fsp3) is 0.167. The van der Waals surface area contributed by atoms with Crippen molar-refractivity contribution in [2.24, 2.45) is 0 Å². The van der Waals surface area contributed by atoms with E-state index < -0.39 is 0 Å². The summed E-state index contributed by atoms with van der Waals surface area (Å²) in [4.78, 5) is 23.0. The zero-order valence-electron chi connectivity index (χ0n) is 13.0. The highest BCUT2D eigenvalue weighted by Gasteiger charge is 2.21. The molecule has 0 aliphatic carbocycles. The molecule has 2 amide bonds. The lowest BCUT2D eigenvalue weighted by molar-refractivity contribution is 0.206. The molecule has 120 valence electrons. The first-order valence-electron chi connectivity index (χ1n) is 7.79. The van der Waals surface area contributed by atoms with Gasteiger partial charge in [0.15, 0.2) is 0 Å². The Hall–Kier alpha value is -2.73. The van der Waals surface area contributed by atoms with Gasteiger partial charge in [0.05, 0.1) is 5.69 Å². The van der Waals surface area contributed by atoms with Gasteiger partial charge in [-0.15, -0.1) is 11.3 Å². The number of rotatable bonds is 2. The van der Waals surface area contributed by atoms with Crippen molar-refractivity contribution in [3.63, 3.8) is 0 Å². The lowest BCUT2D eigenvalue weighted by Crippen LogP contribution is -2.38. The molecule has 0 fully saturated rings. The number of thiazole rings is 1. The van der Waals surface area contributed by atoms with Crippen LogP contribution in [0.25, 0.3) is 10.7 Å². The highest BCUT2D eigenvalue weighted by Crippen LogP contribution is 2.25. The Labute approximate surface area is 144 Å². The molecule has 0 saturated heterocycles. The highest BCUT2D eigenvalue weighted by molar-refractivity contribution is 7.13. The van der Waals surface area contributed by atoms with Crippen molar-refractivity contribution in [2.75, 3.05) is 11.9 Å². The van der Waals surface area contributed by atoms with Crippen molar-refractivity contribution < 1.29 is 4.79 Å². The van der Waals surface area contributed by atoms with Crippen molar-refractivity contribution >= 4 is 23.2 Å². The summed E-state index contributed by atoms with van der Waals surface area (Å²) in [5, 5.41) is 5.54. The van der Waals surface area contributed by atoms with Crippen LogP contribution < -0.4 is 5.32 Å². The summed E-state index contributed by atoms with van der Waals surface area (Å²) in [6.45, 7) is 1.36. The number of urea groups is 1. The number of hydrogen-bond acceptors (Lipinski definition) is 4. The second kappa shape index (κ2) is 6.41. The minimum Gasteiger partial charge on any atom is -0.320 e. The van der Waals surface area contributed by atoms with Crippen LogP contribution in [0.4, 0.5) is 10.6 Å². The van der Waals surface area contributed by atoms with Gasteiger partial charge in [-0.3, -0.25) is 10.3 Å². The number of benzene rings is 1. The van der Waals surface area contributed by atoms with E-state index in [2.05, 4.69) is 27.4 Å². The van der Waals surface area contributed by atoms with E-state index in [-0.39, 0.29) is 6.03 Å². The first kappa shape index (κ1) is 14.8. The SMILES string of the molecule is O=C(Nc1csc(-c2ccccn2)n1)N1CCc2ccccc2C1. The summed E-state index contributed by atoms with van der Waals surface area (Å²) in [6, 6.07) is 13.9. The molecule has 24 heavy (non-hydrogen) atoms. The first-order chi connectivity index (χ1) is 11.8. The van der Waals surface area contributed by atoms with E-state index in [9.17, 15) is 4.79 Å². The number of nitrogens with one attached hydrogen (secondary N) is 1. The minimum atomic E-state index is -0.109. The Bertz CT molecular complexity index is 862. The first-order valence-corrected chi connectivity index (χ1v) is 8.67. The molecule has 0 bridgehead atoms. The third-order valence-corrected chi connectivity index (χ3v) is 4.91. The lowest BCUT2D eigenvalue weighted by atomic mass is 10.0. The monoisotopic (exact) mass is 336 g/mol. The molecule has 1 N–H and O–H groups in total. The van der Waals surface area contributed by atoms with Crippen LogP contribution in [-0.4, -0.2) is 27.4 Å². The summed E-state index contributed by atoms with van der Waals surface area (Å²) in [6.07, 6.45) is 2.63. The minimum absolute atomic E-state index is 0.109. The third kappa shape index (κ3) is 3.00. The van der Waals surface area contributed by atoms with Crippen molar-refractivity contribution in [1.82, 2.24) is 14.9 Å². The van der Waals surface area contributed by atoms with Crippen LogP contribution in [0.5, 0.6) is 0 Å². The maximum atomic E-state index is 12.5. The van der Waals surface area contributed by atoms with Gasteiger partial charge in [0.1, 0.15) is 10.8 Å². The van der Waals surface area contributed by atoms with Gasteiger partial charge in [-0.25, -0.2) is 9.78 Å². The second-order valence-electron chi connectivity index (χ2n) is 5.62. The Morgan fingerprint density at radius 1 is 1.12 bits per heavy atom. The molecule has 4 rings (SSSR count). The predicted octanol–water partition coefficient (Wildman–Crippen LogP) is 3.80. The number of carbonyl (C=O) groups excluding carboxylic acids is 1. The van der Waals surface area contributed by atoms with Gasteiger partial charge in [0.25, 0.3) is 0 Å². The predicted molar refractivity (Wildman–Crippen MR) is 94.9 cm³/mol.